The van der Waals surface area contributed by atoms with E-state index >= 15 is 0 Å². The Morgan fingerprint density at radius 3 is 2.93 bits per heavy atom. The predicted molar refractivity (Wildman–Crippen MR) is 51.5 cm³/mol. The van der Waals surface area contributed by atoms with Gasteiger partial charge in [0.15, 0.2) is 0 Å². The first-order valence-corrected chi connectivity index (χ1v) is 4.41. The summed E-state index contributed by atoms with van der Waals surface area (Å²) in [6.45, 7) is 1.84. The zero-order valence-corrected chi connectivity index (χ0v) is 8.47. The number of ether oxygens (including phenoxy) is 2. The van der Waals surface area contributed by atoms with Crippen LogP contribution in [0.15, 0.2) is 12.1 Å². The normalized spacial score (nSPS) is 9.50. The standard InChI is InChI=1S/C8H10N2O3S/c1-6(11)12-4-5-13-7-2-3-8(14)10-9-7/h2-3H,4-5H2,1H3,(H,10,14). The molecule has 0 bridgehead atoms. The summed E-state index contributed by atoms with van der Waals surface area (Å²) in [6.07, 6.45) is 0. The van der Waals surface area contributed by atoms with Gasteiger partial charge in [0, 0.05) is 13.0 Å². The van der Waals surface area contributed by atoms with Gasteiger partial charge < -0.3 is 9.47 Å². The van der Waals surface area contributed by atoms with Crippen molar-refractivity contribution in [1.82, 2.24) is 10.2 Å². The molecule has 76 valence electrons. The highest BCUT2D eigenvalue weighted by molar-refractivity contribution is 7.71. The zero-order valence-electron chi connectivity index (χ0n) is 7.65. The molecule has 14 heavy (non-hydrogen) atoms. The molecule has 0 spiro atoms. The molecule has 6 heteroatoms. The third kappa shape index (κ3) is 3.99. The minimum atomic E-state index is -0.325. The number of nitrogens with one attached hydrogen (secondary N) is 1. The fourth-order valence-electron chi connectivity index (χ4n) is 0.744. The largest absolute Gasteiger partial charge is 0.473 e. The third-order valence-electron chi connectivity index (χ3n) is 1.29. The van der Waals surface area contributed by atoms with Crippen molar-refractivity contribution in [1.29, 1.82) is 0 Å². The number of carbonyl (C=O) groups excluding carboxylic acids is 1. The fraction of sp³-hybridized carbons (Fsp3) is 0.375. The van der Waals surface area contributed by atoms with Crippen LogP contribution in [0.4, 0.5) is 0 Å². The lowest BCUT2D eigenvalue weighted by Crippen LogP contribution is -2.10. The molecule has 0 fully saturated rings. The Hall–Kier alpha value is -1.43. The van der Waals surface area contributed by atoms with Gasteiger partial charge in [0.1, 0.15) is 17.9 Å². The molecule has 0 radical (unpaired) electrons. The summed E-state index contributed by atoms with van der Waals surface area (Å²) in [5, 5.41) is 6.38. The molecule has 0 aliphatic heterocycles. The number of esters is 1. The van der Waals surface area contributed by atoms with Gasteiger partial charge in [-0.25, -0.2) is 0 Å². The minimum Gasteiger partial charge on any atom is -0.473 e. The summed E-state index contributed by atoms with van der Waals surface area (Å²) < 4.78 is 10.3. The third-order valence-corrected chi connectivity index (χ3v) is 1.52. The van der Waals surface area contributed by atoms with E-state index in [9.17, 15) is 4.79 Å². The minimum absolute atomic E-state index is 0.215. The summed E-state index contributed by atoms with van der Waals surface area (Å²) in [5.41, 5.74) is 0. The van der Waals surface area contributed by atoms with Gasteiger partial charge in [-0.1, -0.05) is 12.2 Å². The second-order valence-corrected chi connectivity index (χ2v) is 2.89. The number of nitrogens with zero attached hydrogens (tertiary/aromatic N) is 1. The van der Waals surface area contributed by atoms with Gasteiger partial charge in [-0.2, -0.15) is 0 Å². The number of aromatic amines is 1. The van der Waals surface area contributed by atoms with Crippen molar-refractivity contribution < 1.29 is 14.3 Å². The zero-order chi connectivity index (χ0) is 10.4. The maximum atomic E-state index is 10.4. The summed E-state index contributed by atoms with van der Waals surface area (Å²) in [6, 6.07) is 3.32. The molecule has 1 aromatic heterocycles. The second-order valence-electron chi connectivity index (χ2n) is 2.45. The van der Waals surface area contributed by atoms with Gasteiger partial charge in [0.2, 0.25) is 5.88 Å². The van der Waals surface area contributed by atoms with Crippen molar-refractivity contribution in [2.75, 3.05) is 13.2 Å². The Kier molecular flexibility index (Phi) is 4.06. The van der Waals surface area contributed by atoms with Crippen LogP contribution in [0.3, 0.4) is 0 Å². The Labute approximate surface area is 86.0 Å². The number of rotatable bonds is 4. The van der Waals surface area contributed by atoms with E-state index in [0.29, 0.717) is 10.5 Å². The summed E-state index contributed by atoms with van der Waals surface area (Å²) >= 11 is 4.80. The van der Waals surface area contributed by atoms with Gasteiger partial charge in [0.25, 0.3) is 0 Å². The lowest BCUT2D eigenvalue weighted by molar-refractivity contribution is -0.141. The van der Waals surface area contributed by atoms with E-state index < -0.39 is 0 Å². The second kappa shape index (κ2) is 5.33. The smallest absolute Gasteiger partial charge is 0.302 e. The highest BCUT2D eigenvalue weighted by atomic mass is 32.1. The molecule has 1 rings (SSSR count). The predicted octanol–water partition coefficient (Wildman–Crippen LogP) is 1.08. The van der Waals surface area contributed by atoms with E-state index in [2.05, 4.69) is 14.9 Å². The van der Waals surface area contributed by atoms with Crippen LogP contribution >= 0.6 is 12.2 Å². The highest BCUT2D eigenvalue weighted by Gasteiger charge is 1.95. The number of hydrogen-bond donors (Lipinski definition) is 1. The van der Waals surface area contributed by atoms with Crippen LogP contribution in [0.5, 0.6) is 5.88 Å². The van der Waals surface area contributed by atoms with Crippen molar-refractivity contribution in [3.8, 4) is 5.88 Å². The highest BCUT2D eigenvalue weighted by Crippen LogP contribution is 2.01. The SMILES string of the molecule is CC(=O)OCCOc1ccc(=S)[nH]n1. The molecule has 0 aliphatic carbocycles. The average Bonchev–Trinajstić information content (AvgIpc) is 2.15. The van der Waals surface area contributed by atoms with Gasteiger partial charge in [-0.15, -0.1) is 5.10 Å². The Bertz CT molecular complexity index is 343. The van der Waals surface area contributed by atoms with Crippen molar-refractivity contribution >= 4 is 18.2 Å². The van der Waals surface area contributed by atoms with E-state index in [0.717, 1.165) is 0 Å². The summed E-state index contributed by atoms with van der Waals surface area (Å²) in [7, 11) is 0. The summed E-state index contributed by atoms with van der Waals surface area (Å²) in [4.78, 5) is 10.4. The van der Waals surface area contributed by atoms with Crippen LogP contribution in [0.25, 0.3) is 0 Å². The van der Waals surface area contributed by atoms with Crippen LogP contribution < -0.4 is 4.74 Å². The molecule has 0 amide bonds. The van der Waals surface area contributed by atoms with Crippen LogP contribution in [0.1, 0.15) is 6.92 Å². The first kappa shape index (κ1) is 10.6. The van der Waals surface area contributed by atoms with E-state index in [-0.39, 0.29) is 19.2 Å². The number of hydrogen-bond acceptors (Lipinski definition) is 5. The summed E-state index contributed by atoms with van der Waals surface area (Å²) in [5.74, 6) is 0.0970. The molecule has 1 N–H and O–H groups in total. The van der Waals surface area contributed by atoms with Crippen LogP contribution in [-0.4, -0.2) is 29.4 Å². The lowest BCUT2D eigenvalue weighted by Gasteiger charge is -2.03. The molecule has 0 aliphatic rings. The molecule has 1 heterocycles. The van der Waals surface area contributed by atoms with Gasteiger partial charge in [-0.3, -0.25) is 9.89 Å². The molecule has 1 aromatic rings. The molecule has 0 saturated carbocycles. The van der Waals surface area contributed by atoms with Crippen molar-refractivity contribution in [2.24, 2.45) is 0 Å². The average molecular weight is 214 g/mol. The number of H-pyrrole nitrogens is 1. The molecule has 0 saturated heterocycles. The molecular formula is C8H10N2O3S. The molecule has 0 unspecified atom stereocenters. The van der Waals surface area contributed by atoms with Crippen LogP contribution in [0, 0.1) is 4.64 Å². The van der Waals surface area contributed by atoms with Gasteiger partial charge >= 0.3 is 5.97 Å². The first-order chi connectivity index (χ1) is 6.68. The van der Waals surface area contributed by atoms with E-state index in [4.69, 9.17) is 17.0 Å². The molecular weight excluding hydrogens is 204 g/mol. The topological polar surface area (TPSA) is 64.2 Å². The van der Waals surface area contributed by atoms with Crippen LogP contribution in [-0.2, 0) is 9.53 Å². The van der Waals surface area contributed by atoms with E-state index in [1.54, 1.807) is 12.1 Å². The Morgan fingerprint density at radius 1 is 1.57 bits per heavy atom. The van der Waals surface area contributed by atoms with E-state index in [1.807, 2.05) is 0 Å². The maximum Gasteiger partial charge on any atom is 0.302 e. The fourth-order valence-corrected chi connectivity index (χ4v) is 0.857. The van der Waals surface area contributed by atoms with Crippen molar-refractivity contribution in [3.63, 3.8) is 0 Å². The maximum absolute atomic E-state index is 10.4. The number of carbonyl (C=O) groups is 1. The van der Waals surface area contributed by atoms with Crippen molar-refractivity contribution in [2.45, 2.75) is 6.92 Å². The Balaban J connectivity index is 2.28. The quantitative estimate of drug-likeness (QED) is 0.461. The van der Waals surface area contributed by atoms with Crippen LogP contribution in [0.2, 0.25) is 0 Å². The van der Waals surface area contributed by atoms with E-state index in [1.165, 1.54) is 6.92 Å². The first-order valence-electron chi connectivity index (χ1n) is 4.00. The lowest BCUT2D eigenvalue weighted by atomic mass is 10.6. The molecule has 0 aromatic carbocycles. The van der Waals surface area contributed by atoms with Gasteiger partial charge in [-0.05, 0) is 6.07 Å². The Morgan fingerprint density at radius 2 is 2.36 bits per heavy atom. The molecule has 0 atom stereocenters. The monoisotopic (exact) mass is 214 g/mol. The number of aromatic nitrogens is 2. The van der Waals surface area contributed by atoms with Gasteiger partial charge in [0.05, 0.1) is 0 Å². The molecule has 5 nitrogen and oxygen atoms in total. The van der Waals surface area contributed by atoms with Crippen molar-refractivity contribution in [3.05, 3.63) is 16.8 Å².